The van der Waals surface area contributed by atoms with E-state index < -0.39 is 0 Å². The molecule has 1 unspecified atom stereocenters. The summed E-state index contributed by atoms with van der Waals surface area (Å²) in [5, 5.41) is 5.73. The molecule has 1 atom stereocenters. The Morgan fingerprint density at radius 2 is 2.29 bits per heavy atom. The number of nitrogens with one attached hydrogen (secondary N) is 2. The van der Waals surface area contributed by atoms with Crippen LogP contribution in [0, 0.1) is 5.82 Å². The van der Waals surface area contributed by atoms with Crippen molar-refractivity contribution in [1.82, 2.24) is 5.32 Å². The molecule has 4 N–H and O–H groups in total. The van der Waals surface area contributed by atoms with Crippen LogP contribution < -0.4 is 16.4 Å². The van der Waals surface area contributed by atoms with E-state index >= 15 is 0 Å². The van der Waals surface area contributed by atoms with E-state index in [2.05, 4.69) is 10.6 Å². The molecule has 0 aliphatic rings. The summed E-state index contributed by atoms with van der Waals surface area (Å²) in [7, 11) is 0. The zero-order valence-corrected chi connectivity index (χ0v) is 9.87. The summed E-state index contributed by atoms with van der Waals surface area (Å²) in [5.41, 5.74) is 6.20. The Kier molecular flexibility index (Phi) is 5.42. The van der Waals surface area contributed by atoms with Crippen molar-refractivity contribution in [1.29, 1.82) is 0 Å². The number of amides is 1. The van der Waals surface area contributed by atoms with Gasteiger partial charge in [-0.25, -0.2) is 4.39 Å². The van der Waals surface area contributed by atoms with Gasteiger partial charge < -0.3 is 16.4 Å². The van der Waals surface area contributed by atoms with E-state index in [4.69, 9.17) is 5.73 Å². The van der Waals surface area contributed by atoms with Gasteiger partial charge in [-0.1, -0.05) is 6.07 Å². The number of hydrogen-bond acceptors (Lipinski definition) is 3. The molecule has 1 amide bonds. The van der Waals surface area contributed by atoms with E-state index in [-0.39, 0.29) is 24.2 Å². The number of hydrogen-bond donors (Lipinski definition) is 3. The van der Waals surface area contributed by atoms with Gasteiger partial charge in [0.15, 0.2) is 0 Å². The molecule has 0 aromatic heterocycles. The average molecular weight is 239 g/mol. The van der Waals surface area contributed by atoms with Crippen LogP contribution in [0.3, 0.4) is 0 Å². The Hall–Kier alpha value is -1.62. The van der Waals surface area contributed by atoms with Crippen LogP contribution >= 0.6 is 0 Å². The van der Waals surface area contributed by atoms with E-state index in [0.29, 0.717) is 18.8 Å². The number of halogens is 1. The molecule has 0 bridgehead atoms. The highest BCUT2D eigenvalue weighted by Crippen LogP contribution is 2.11. The van der Waals surface area contributed by atoms with Crippen molar-refractivity contribution in [2.75, 3.05) is 18.4 Å². The van der Waals surface area contributed by atoms with Crippen LogP contribution in [0.5, 0.6) is 0 Å². The lowest BCUT2D eigenvalue weighted by Crippen LogP contribution is -2.35. The number of anilines is 1. The summed E-state index contributed by atoms with van der Waals surface area (Å²) >= 11 is 0. The van der Waals surface area contributed by atoms with E-state index in [9.17, 15) is 9.18 Å². The molecule has 4 nitrogen and oxygen atoms in total. The number of benzene rings is 1. The molecule has 17 heavy (non-hydrogen) atoms. The van der Waals surface area contributed by atoms with Gasteiger partial charge in [0.2, 0.25) is 5.91 Å². The van der Waals surface area contributed by atoms with Gasteiger partial charge in [0.25, 0.3) is 0 Å². The van der Waals surface area contributed by atoms with Crippen LogP contribution in [0.25, 0.3) is 0 Å². The Morgan fingerprint density at radius 3 is 2.88 bits per heavy atom. The number of carbonyl (C=O) groups excluding carboxylic acids is 1. The van der Waals surface area contributed by atoms with Crippen molar-refractivity contribution >= 4 is 11.6 Å². The molecule has 94 valence electrons. The molecular weight excluding hydrogens is 221 g/mol. The molecule has 0 aliphatic heterocycles. The zero-order valence-electron chi connectivity index (χ0n) is 9.87. The standard InChI is InChI=1S/C12H18FN3O/c1-2-15-12(17)7-11(8-14)16-10-5-3-4-9(13)6-10/h3-6,11,16H,2,7-8,14H2,1H3,(H,15,17). The number of carbonyl (C=O) groups is 1. The normalized spacial score (nSPS) is 11.9. The summed E-state index contributed by atoms with van der Waals surface area (Å²) in [6, 6.07) is 5.90. The van der Waals surface area contributed by atoms with Crippen LogP contribution in [0.15, 0.2) is 24.3 Å². The third kappa shape index (κ3) is 4.82. The molecular formula is C12H18FN3O. The van der Waals surface area contributed by atoms with Gasteiger partial charge in [-0.2, -0.15) is 0 Å². The van der Waals surface area contributed by atoms with Crippen molar-refractivity contribution < 1.29 is 9.18 Å². The van der Waals surface area contributed by atoms with Crippen molar-refractivity contribution in [3.63, 3.8) is 0 Å². The Bertz CT molecular complexity index is 371. The fourth-order valence-electron chi connectivity index (χ4n) is 1.50. The Labute approximate surface area is 100 Å². The first kappa shape index (κ1) is 13.4. The zero-order chi connectivity index (χ0) is 12.7. The first-order chi connectivity index (χ1) is 8.15. The minimum absolute atomic E-state index is 0.0631. The molecule has 0 fully saturated rings. The van der Waals surface area contributed by atoms with Crippen molar-refractivity contribution in [2.24, 2.45) is 5.73 Å². The van der Waals surface area contributed by atoms with E-state index in [1.807, 2.05) is 6.92 Å². The summed E-state index contributed by atoms with van der Waals surface area (Å²) < 4.78 is 13.0. The number of nitrogens with two attached hydrogens (primary N) is 1. The molecule has 1 aromatic carbocycles. The summed E-state index contributed by atoms with van der Waals surface area (Å²) in [4.78, 5) is 11.4. The van der Waals surface area contributed by atoms with Crippen molar-refractivity contribution in [2.45, 2.75) is 19.4 Å². The minimum Gasteiger partial charge on any atom is -0.380 e. The monoisotopic (exact) mass is 239 g/mol. The van der Waals surface area contributed by atoms with Crippen LogP contribution in [0.4, 0.5) is 10.1 Å². The fraction of sp³-hybridized carbons (Fsp3) is 0.417. The van der Waals surface area contributed by atoms with Crippen LogP contribution in [0.1, 0.15) is 13.3 Å². The topological polar surface area (TPSA) is 67.2 Å². The highest BCUT2D eigenvalue weighted by molar-refractivity contribution is 5.77. The summed E-state index contributed by atoms with van der Waals surface area (Å²) in [6.45, 7) is 2.76. The lowest BCUT2D eigenvalue weighted by Gasteiger charge is -2.17. The van der Waals surface area contributed by atoms with Crippen molar-refractivity contribution in [3.05, 3.63) is 30.1 Å². The second kappa shape index (κ2) is 6.85. The van der Waals surface area contributed by atoms with E-state index in [1.54, 1.807) is 12.1 Å². The molecule has 0 saturated carbocycles. The van der Waals surface area contributed by atoms with E-state index in [1.165, 1.54) is 12.1 Å². The Morgan fingerprint density at radius 1 is 1.53 bits per heavy atom. The number of rotatable bonds is 6. The second-order valence-corrected chi connectivity index (χ2v) is 3.74. The minimum atomic E-state index is -0.316. The molecule has 5 heteroatoms. The lowest BCUT2D eigenvalue weighted by atomic mass is 10.2. The molecule has 0 radical (unpaired) electrons. The third-order valence-electron chi connectivity index (χ3n) is 2.29. The van der Waals surface area contributed by atoms with Gasteiger partial charge in [-0.05, 0) is 25.1 Å². The van der Waals surface area contributed by atoms with Crippen molar-refractivity contribution in [3.8, 4) is 0 Å². The summed E-state index contributed by atoms with van der Waals surface area (Å²) in [5.74, 6) is -0.379. The summed E-state index contributed by atoms with van der Waals surface area (Å²) in [6.07, 6.45) is 0.279. The smallest absolute Gasteiger partial charge is 0.222 e. The maximum atomic E-state index is 13.0. The van der Waals surface area contributed by atoms with Gasteiger partial charge in [0.1, 0.15) is 5.82 Å². The lowest BCUT2D eigenvalue weighted by molar-refractivity contribution is -0.121. The highest BCUT2D eigenvalue weighted by atomic mass is 19.1. The first-order valence-electron chi connectivity index (χ1n) is 5.64. The third-order valence-corrected chi connectivity index (χ3v) is 2.29. The molecule has 0 heterocycles. The first-order valence-corrected chi connectivity index (χ1v) is 5.64. The molecule has 0 saturated heterocycles. The molecule has 0 spiro atoms. The largest absolute Gasteiger partial charge is 0.380 e. The molecule has 1 aromatic rings. The van der Waals surface area contributed by atoms with Crippen LogP contribution in [0.2, 0.25) is 0 Å². The predicted molar refractivity (Wildman–Crippen MR) is 66.2 cm³/mol. The van der Waals surface area contributed by atoms with Crippen LogP contribution in [-0.2, 0) is 4.79 Å². The average Bonchev–Trinajstić information content (AvgIpc) is 2.28. The quantitative estimate of drug-likeness (QED) is 0.696. The molecule has 1 rings (SSSR count). The SMILES string of the molecule is CCNC(=O)CC(CN)Nc1cccc(F)c1. The van der Waals surface area contributed by atoms with Gasteiger partial charge in [0, 0.05) is 31.2 Å². The van der Waals surface area contributed by atoms with Gasteiger partial charge in [0.05, 0.1) is 0 Å². The van der Waals surface area contributed by atoms with E-state index in [0.717, 1.165) is 0 Å². The Balaban J connectivity index is 2.54. The maximum absolute atomic E-state index is 13.0. The second-order valence-electron chi connectivity index (χ2n) is 3.74. The van der Waals surface area contributed by atoms with Crippen LogP contribution in [-0.4, -0.2) is 25.0 Å². The highest BCUT2D eigenvalue weighted by Gasteiger charge is 2.11. The van der Waals surface area contributed by atoms with Gasteiger partial charge in [-0.3, -0.25) is 4.79 Å². The maximum Gasteiger partial charge on any atom is 0.222 e. The molecule has 0 aliphatic carbocycles. The van der Waals surface area contributed by atoms with Gasteiger partial charge >= 0.3 is 0 Å². The fourth-order valence-corrected chi connectivity index (χ4v) is 1.50. The van der Waals surface area contributed by atoms with Gasteiger partial charge in [-0.15, -0.1) is 0 Å². The predicted octanol–water partition coefficient (Wildman–Crippen LogP) is 1.09.